The van der Waals surface area contributed by atoms with Crippen molar-refractivity contribution in [3.05, 3.63) is 41.5 Å². The number of fused-ring (bicyclic) bond motifs is 3. The number of aromatic nitrogens is 3. The van der Waals surface area contributed by atoms with Crippen LogP contribution in [0.3, 0.4) is 0 Å². The smallest absolute Gasteiger partial charge is 0.417 e. The van der Waals surface area contributed by atoms with Gasteiger partial charge in [0.25, 0.3) is 0 Å². The molecule has 2 aliphatic carbocycles. The van der Waals surface area contributed by atoms with Crippen LogP contribution in [0.25, 0.3) is 32.9 Å². The van der Waals surface area contributed by atoms with Crippen molar-refractivity contribution in [2.24, 2.45) is 11.3 Å². The molecule has 0 bridgehead atoms. The summed E-state index contributed by atoms with van der Waals surface area (Å²) in [5.41, 5.74) is -4.25. The minimum absolute atomic E-state index is 0.0310. The standard InChI is InChI=1S/C41H48F5N5O6/c1-4-26-28(42)9-8-24-15-25(52)16-27(30(24)26)33-32(43)34-31(36(47-33)55-3)35(51-13-14-56-21-38(2,53)20-51)49-37(48-34)57-22-39-10-5-7-29(39)50(12-6-11-39)19-23-17-40(54,18-23)41(44,45)46/h8-9,15-16,23,29,52-54H,4-7,10-14,17-22H2,1-3H3/t23?,29-,38+,39-,40?/m1/s1. The lowest BCUT2D eigenvalue weighted by Crippen LogP contribution is -2.59. The maximum Gasteiger partial charge on any atom is 0.417 e. The van der Waals surface area contributed by atoms with E-state index in [1.807, 2.05) is 0 Å². The van der Waals surface area contributed by atoms with Gasteiger partial charge in [-0.1, -0.05) is 19.4 Å². The van der Waals surface area contributed by atoms with E-state index in [9.17, 15) is 28.5 Å². The minimum atomic E-state index is -4.65. The topological polar surface area (TPSA) is 134 Å². The molecule has 2 aromatic carbocycles. The summed E-state index contributed by atoms with van der Waals surface area (Å²) in [4.78, 5) is 18.1. The first-order valence-electron chi connectivity index (χ1n) is 19.7. The Labute approximate surface area is 326 Å². The second-order valence-corrected chi connectivity index (χ2v) is 16.7. The van der Waals surface area contributed by atoms with E-state index in [2.05, 4.69) is 14.9 Å². The number of piperidine rings is 1. The molecule has 2 saturated heterocycles. The molecule has 2 saturated carbocycles. The predicted octanol–water partition coefficient (Wildman–Crippen LogP) is 6.70. The maximum absolute atomic E-state index is 17.3. The van der Waals surface area contributed by atoms with Crippen molar-refractivity contribution in [1.29, 1.82) is 0 Å². The van der Waals surface area contributed by atoms with E-state index >= 15 is 8.78 Å². The number of phenolic OH excluding ortho intramolecular Hbond substituents is 1. The van der Waals surface area contributed by atoms with Gasteiger partial charge in [-0.25, -0.2) is 13.8 Å². The van der Waals surface area contributed by atoms with E-state index in [1.54, 1.807) is 18.7 Å². The van der Waals surface area contributed by atoms with Crippen molar-refractivity contribution >= 4 is 27.5 Å². The van der Waals surface area contributed by atoms with Gasteiger partial charge in [0.2, 0.25) is 5.88 Å². The highest BCUT2D eigenvalue weighted by molar-refractivity contribution is 6.03. The molecule has 8 rings (SSSR count). The van der Waals surface area contributed by atoms with Gasteiger partial charge >= 0.3 is 12.2 Å². The SMILES string of the molecule is CCc1c(F)ccc2cc(O)cc(-c3nc(OC)c4c(N5CCOC[C@@](C)(O)C5)nc(OC[C@]56CCC[C@H]5N(CC5CC(O)(C(F)(F)F)C5)CCC6)nc4c3F)c12. The van der Waals surface area contributed by atoms with Crippen LogP contribution in [0.2, 0.25) is 0 Å². The average Bonchev–Trinajstić information content (AvgIpc) is 3.50. The zero-order valence-electron chi connectivity index (χ0n) is 32.3. The van der Waals surface area contributed by atoms with Gasteiger partial charge in [-0.05, 0) is 98.9 Å². The Morgan fingerprint density at radius 2 is 1.79 bits per heavy atom. The van der Waals surface area contributed by atoms with Gasteiger partial charge in [0.1, 0.15) is 39.6 Å². The van der Waals surface area contributed by atoms with E-state index < -0.39 is 29.0 Å². The van der Waals surface area contributed by atoms with Crippen LogP contribution in [0.15, 0.2) is 24.3 Å². The Morgan fingerprint density at radius 1 is 1.02 bits per heavy atom. The number of phenols is 1. The van der Waals surface area contributed by atoms with Crippen LogP contribution in [-0.2, 0) is 11.2 Å². The molecule has 4 heterocycles. The van der Waals surface area contributed by atoms with E-state index in [1.165, 1.54) is 31.4 Å². The summed E-state index contributed by atoms with van der Waals surface area (Å²) in [7, 11) is 1.37. The van der Waals surface area contributed by atoms with Gasteiger partial charge in [-0.2, -0.15) is 23.1 Å². The third-order valence-electron chi connectivity index (χ3n) is 12.6. The van der Waals surface area contributed by atoms with Crippen molar-refractivity contribution < 1.29 is 51.5 Å². The van der Waals surface area contributed by atoms with Crippen LogP contribution in [-0.4, -0.2) is 112 Å². The Balaban J connectivity index is 1.20. The van der Waals surface area contributed by atoms with Crippen molar-refractivity contribution in [3.8, 4) is 28.9 Å². The first-order chi connectivity index (χ1) is 27.0. The average molecular weight is 802 g/mol. The number of aryl methyl sites for hydroxylation is 1. The number of hydrogen-bond acceptors (Lipinski definition) is 11. The van der Waals surface area contributed by atoms with Crippen LogP contribution in [0.4, 0.5) is 27.8 Å². The number of ether oxygens (including phenoxy) is 3. The quantitative estimate of drug-likeness (QED) is 0.156. The molecular weight excluding hydrogens is 753 g/mol. The van der Waals surface area contributed by atoms with Crippen LogP contribution in [0.5, 0.6) is 17.6 Å². The first-order valence-corrected chi connectivity index (χ1v) is 19.7. The fraction of sp³-hybridized carbons (Fsp3) is 0.585. The lowest BCUT2D eigenvalue weighted by molar-refractivity contribution is -0.300. The van der Waals surface area contributed by atoms with Gasteiger partial charge in [0.05, 0.1) is 33.5 Å². The second kappa shape index (κ2) is 14.6. The lowest BCUT2D eigenvalue weighted by Gasteiger charge is -2.51. The van der Waals surface area contributed by atoms with Crippen LogP contribution < -0.4 is 14.4 Å². The minimum Gasteiger partial charge on any atom is -0.508 e. The first kappa shape index (κ1) is 39.7. The number of benzene rings is 2. The van der Waals surface area contributed by atoms with E-state index in [4.69, 9.17) is 19.2 Å². The number of rotatable bonds is 9. The molecular formula is C41H48F5N5O6. The molecule has 2 aromatic heterocycles. The number of halogens is 5. The third-order valence-corrected chi connectivity index (χ3v) is 12.6. The molecule has 11 nitrogen and oxygen atoms in total. The summed E-state index contributed by atoms with van der Waals surface area (Å²) in [6.07, 6.45) is -0.830. The molecule has 4 aliphatic rings. The van der Waals surface area contributed by atoms with Gasteiger partial charge in [-0.15, -0.1) is 0 Å². The number of alkyl halides is 3. The Hall–Kier alpha value is -4.12. The number of hydrogen-bond donors (Lipinski definition) is 3. The molecule has 308 valence electrons. The number of anilines is 1. The lowest BCUT2D eigenvalue weighted by atomic mass is 9.69. The molecule has 3 atom stereocenters. The van der Waals surface area contributed by atoms with Gasteiger partial charge < -0.3 is 34.4 Å². The highest BCUT2D eigenvalue weighted by atomic mass is 19.4. The highest BCUT2D eigenvalue weighted by Crippen LogP contribution is 2.52. The Kier molecular flexibility index (Phi) is 10.2. The third kappa shape index (κ3) is 7.10. The predicted molar refractivity (Wildman–Crippen MR) is 202 cm³/mol. The number of likely N-dealkylation sites (tertiary alicyclic amines) is 1. The summed E-state index contributed by atoms with van der Waals surface area (Å²) in [6, 6.07) is 5.53. The molecule has 4 aromatic rings. The maximum atomic E-state index is 17.3. The number of nitrogens with zero attached hydrogens (tertiary/aromatic N) is 5. The van der Waals surface area contributed by atoms with Crippen molar-refractivity contribution in [3.63, 3.8) is 0 Å². The Bertz CT molecular complexity index is 2180. The number of aliphatic hydroxyl groups is 2. The number of pyridine rings is 1. The second-order valence-electron chi connectivity index (χ2n) is 16.7. The van der Waals surface area contributed by atoms with E-state index in [0.29, 0.717) is 22.9 Å². The summed E-state index contributed by atoms with van der Waals surface area (Å²) >= 11 is 0. The summed E-state index contributed by atoms with van der Waals surface area (Å²) < 4.78 is 90.7. The molecule has 4 fully saturated rings. The Morgan fingerprint density at radius 3 is 2.53 bits per heavy atom. The largest absolute Gasteiger partial charge is 0.508 e. The zero-order valence-corrected chi connectivity index (χ0v) is 32.3. The molecule has 0 radical (unpaired) electrons. The summed E-state index contributed by atoms with van der Waals surface area (Å²) in [5.74, 6) is -1.65. The fourth-order valence-corrected chi connectivity index (χ4v) is 9.97. The molecule has 16 heteroatoms. The molecule has 0 spiro atoms. The van der Waals surface area contributed by atoms with Crippen molar-refractivity contribution in [1.82, 2.24) is 19.9 Å². The van der Waals surface area contributed by atoms with Gasteiger partial charge in [-0.3, -0.25) is 4.90 Å². The summed E-state index contributed by atoms with van der Waals surface area (Å²) in [6.45, 7) is 5.38. The molecule has 0 unspecified atom stereocenters. The van der Waals surface area contributed by atoms with E-state index in [-0.39, 0.29) is 115 Å². The van der Waals surface area contributed by atoms with Crippen molar-refractivity contribution in [2.75, 3.05) is 58.0 Å². The van der Waals surface area contributed by atoms with Crippen LogP contribution in [0, 0.1) is 23.0 Å². The monoisotopic (exact) mass is 801 g/mol. The fourth-order valence-electron chi connectivity index (χ4n) is 9.97. The molecule has 57 heavy (non-hydrogen) atoms. The molecule has 3 N–H and O–H groups in total. The highest BCUT2D eigenvalue weighted by Gasteiger charge is 2.61. The number of aromatic hydroxyl groups is 1. The van der Waals surface area contributed by atoms with E-state index in [0.717, 1.165) is 38.6 Å². The number of methoxy groups -OCH3 is 1. The zero-order chi connectivity index (χ0) is 40.5. The number of β-amino-alcohol motifs (C(OH)–C–C–N with tert-alkyl or cyclic N) is 1. The summed E-state index contributed by atoms with van der Waals surface area (Å²) in [5, 5.41) is 33.0. The normalized spacial score (nSPS) is 28.4. The van der Waals surface area contributed by atoms with Gasteiger partial charge in [0, 0.05) is 30.1 Å². The van der Waals surface area contributed by atoms with Crippen molar-refractivity contribution in [2.45, 2.75) is 88.6 Å². The van der Waals surface area contributed by atoms with Crippen LogP contribution in [0.1, 0.15) is 64.4 Å². The van der Waals surface area contributed by atoms with Crippen LogP contribution >= 0.6 is 0 Å². The molecule has 0 amide bonds. The van der Waals surface area contributed by atoms with Gasteiger partial charge in [0.15, 0.2) is 11.4 Å². The molecule has 2 aliphatic heterocycles.